The van der Waals surface area contributed by atoms with Crippen LogP contribution < -0.4 is 0 Å². The van der Waals surface area contributed by atoms with Gasteiger partial charge in [-0.05, 0) is 38.7 Å². The fourth-order valence-corrected chi connectivity index (χ4v) is 2.77. The highest BCUT2D eigenvalue weighted by molar-refractivity contribution is 5.68. The fourth-order valence-electron chi connectivity index (χ4n) is 2.77. The van der Waals surface area contributed by atoms with Crippen LogP contribution in [0, 0.1) is 11.8 Å². The van der Waals surface area contributed by atoms with Gasteiger partial charge in [0.25, 0.3) is 0 Å². The molecular formula is C17H25NO3. The van der Waals surface area contributed by atoms with Gasteiger partial charge < -0.3 is 14.7 Å². The number of amides is 1. The lowest BCUT2D eigenvalue weighted by Crippen LogP contribution is -2.35. The van der Waals surface area contributed by atoms with Crippen LogP contribution in [0.25, 0.3) is 0 Å². The highest BCUT2D eigenvalue weighted by atomic mass is 16.6. The molecule has 0 aliphatic carbocycles. The molecule has 1 aliphatic heterocycles. The molecule has 1 aromatic rings. The van der Waals surface area contributed by atoms with Gasteiger partial charge in [-0.2, -0.15) is 0 Å². The van der Waals surface area contributed by atoms with Gasteiger partial charge in [0.1, 0.15) is 5.60 Å². The molecule has 4 nitrogen and oxygen atoms in total. The Morgan fingerprint density at radius 2 is 1.86 bits per heavy atom. The van der Waals surface area contributed by atoms with Crippen molar-refractivity contribution in [3.63, 3.8) is 0 Å². The first kappa shape index (κ1) is 15.8. The molecule has 1 amide bonds. The molecule has 1 heterocycles. The Morgan fingerprint density at radius 3 is 2.43 bits per heavy atom. The molecule has 1 aromatic carbocycles. The third kappa shape index (κ3) is 4.46. The van der Waals surface area contributed by atoms with Crippen molar-refractivity contribution in [2.45, 2.75) is 32.8 Å². The third-order valence-electron chi connectivity index (χ3n) is 3.80. The van der Waals surface area contributed by atoms with E-state index in [1.165, 1.54) is 5.56 Å². The van der Waals surface area contributed by atoms with Crippen LogP contribution in [-0.2, 0) is 11.2 Å². The highest BCUT2D eigenvalue weighted by Crippen LogP contribution is 2.27. The minimum absolute atomic E-state index is 0.108. The Bertz CT molecular complexity index is 467. The zero-order valence-corrected chi connectivity index (χ0v) is 13.1. The van der Waals surface area contributed by atoms with Gasteiger partial charge in [-0.1, -0.05) is 30.3 Å². The molecule has 0 spiro atoms. The first-order valence-electron chi connectivity index (χ1n) is 7.52. The summed E-state index contributed by atoms with van der Waals surface area (Å²) in [4.78, 5) is 13.9. The average molecular weight is 291 g/mol. The van der Waals surface area contributed by atoms with Crippen molar-refractivity contribution in [2.75, 3.05) is 19.7 Å². The van der Waals surface area contributed by atoms with Crippen LogP contribution in [0.3, 0.4) is 0 Å². The van der Waals surface area contributed by atoms with Gasteiger partial charge in [0.2, 0.25) is 0 Å². The molecule has 0 radical (unpaired) electrons. The molecule has 2 atom stereocenters. The van der Waals surface area contributed by atoms with Gasteiger partial charge >= 0.3 is 6.09 Å². The van der Waals surface area contributed by atoms with E-state index >= 15 is 0 Å². The Labute approximate surface area is 126 Å². The summed E-state index contributed by atoms with van der Waals surface area (Å²) in [6.07, 6.45) is 0.599. The maximum absolute atomic E-state index is 12.1. The summed E-state index contributed by atoms with van der Waals surface area (Å²) in [5, 5.41) is 9.57. The van der Waals surface area contributed by atoms with Crippen LogP contribution in [0.4, 0.5) is 4.79 Å². The summed E-state index contributed by atoms with van der Waals surface area (Å²) in [6.45, 7) is 6.93. The first-order chi connectivity index (χ1) is 9.89. The third-order valence-corrected chi connectivity index (χ3v) is 3.80. The summed E-state index contributed by atoms with van der Waals surface area (Å²) in [7, 11) is 0. The number of carbonyl (C=O) groups excluding carboxylic acids is 1. The Morgan fingerprint density at radius 1 is 1.24 bits per heavy atom. The zero-order valence-electron chi connectivity index (χ0n) is 13.1. The number of likely N-dealkylation sites (tertiary alicyclic amines) is 1. The molecule has 4 heteroatoms. The van der Waals surface area contributed by atoms with Gasteiger partial charge in [0, 0.05) is 25.6 Å². The fraction of sp³-hybridized carbons (Fsp3) is 0.588. The molecule has 1 aliphatic rings. The highest BCUT2D eigenvalue weighted by Gasteiger charge is 2.36. The number of carbonyl (C=O) groups is 1. The van der Waals surface area contributed by atoms with Crippen molar-refractivity contribution in [1.29, 1.82) is 0 Å². The van der Waals surface area contributed by atoms with Crippen molar-refractivity contribution in [1.82, 2.24) is 4.90 Å². The minimum Gasteiger partial charge on any atom is -0.444 e. The monoisotopic (exact) mass is 291 g/mol. The molecule has 2 rings (SSSR count). The summed E-state index contributed by atoms with van der Waals surface area (Å²) < 4.78 is 5.42. The number of ether oxygens (including phenoxy) is 1. The average Bonchev–Trinajstić information content (AvgIpc) is 2.81. The second kappa shape index (κ2) is 6.48. The van der Waals surface area contributed by atoms with Crippen LogP contribution >= 0.6 is 0 Å². The molecule has 1 saturated heterocycles. The van der Waals surface area contributed by atoms with Crippen molar-refractivity contribution in [3.05, 3.63) is 35.9 Å². The van der Waals surface area contributed by atoms with Gasteiger partial charge in [-0.15, -0.1) is 0 Å². The number of aliphatic hydroxyl groups excluding tert-OH is 1. The topological polar surface area (TPSA) is 49.8 Å². The lowest BCUT2D eigenvalue weighted by molar-refractivity contribution is 0.0281. The normalized spacial score (nSPS) is 22.4. The molecule has 0 bridgehead atoms. The van der Waals surface area contributed by atoms with Crippen LogP contribution in [-0.4, -0.2) is 41.4 Å². The second-order valence-corrected chi connectivity index (χ2v) is 6.78. The Balaban J connectivity index is 1.99. The SMILES string of the molecule is CC(C)(C)OC(=O)N1C[C@@H](Cc2ccccc2)[C@@H](CO)C1. The summed E-state index contributed by atoms with van der Waals surface area (Å²) in [5.41, 5.74) is 0.760. The van der Waals surface area contributed by atoms with Gasteiger partial charge in [-0.3, -0.25) is 0 Å². The second-order valence-electron chi connectivity index (χ2n) is 6.78. The van der Waals surface area contributed by atoms with Crippen LogP contribution in [0.15, 0.2) is 30.3 Å². The molecule has 0 saturated carbocycles. The van der Waals surface area contributed by atoms with E-state index < -0.39 is 5.60 Å². The molecular weight excluding hydrogens is 266 g/mol. The van der Waals surface area contributed by atoms with Gasteiger partial charge in [-0.25, -0.2) is 4.79 Å². The van der Waals surface area contributed by atoms with E-state index in [1.807, 2.05) is 39.0 Å². The quantitative estimate of drug-likeness (QED) is 0.931. The number of rotatable bonds is 3. The maximum atomic E-state index is 12.1. The summed E-state index contributed by atoms with van der Waals surface area (Å²) in [6, 6.07) is 10.2. The van der Waals surface area contributed by atoms with Crippen molar-refractivity contribution >= 4 is 6.09 Å². The molecule has 0 unspecified atom stereocenters. The van der Waals surface area contributed by atoms with E-state index in [0.717, 1.165) is 6.42 Å². The van der Waals surface area contributed by atoms with Crippen LogP contribution in [0.2, 0.25) is 0 Å². The predicted molar refractivity (Wildman–Crippen MR) is 82.0 cm³/mol. The first-order valence-corrected chi connectivity index (χ1v) is 7.52. The number of hydrogen-bond donors (Lipinski definition) is 1. The summed E-state index contributed by atoms with van der Waals surface area (Å²) >= 11 is 0. The molecule has 116 valence electrons. The molecule has 1 N–H and O–H groups in total. The Kier molecular flexibility index (Phi) is 4.88. The van der Waals surface area contributed by atoms with E-state index in [0.29, 0.717) is 13.1 Å². The largest absolute Gasteiger partial charge is 0.444 e. The smallest absolute Gasteiger partial charge is 0.410 e. The summed E-state index contributed by atoms with van der Waals surface area (Å²) in [5.74, 6) is 0.405. The molecule has 1 fully saturated rings. The van der Waals surface area contributed by atoms with E-state index in [-0.39, 0.29) is 24.5 Å². The number of benzene rings is 1. The van der Waals surface area contributed by atoms with Crippen LogP contribution in [0.1, 0.15) is 26.3 Å². The lowest BCUT2D eigenvalue weighted by atomic mass is 9.90. The van der Waals surface area contributed by atoms with E-state index in [4.69, 9.17) is 4.74 Å². The standard InChI is InChI=1S/C17H25NO3/c1-17(2,3)21-16(20)18-10-14(15(11-18)12-19)9-13-7-5-4-6-8-13/h4-8,14-15,19H,9-12H2,1-3H3/t14-,15-/m1/s1. The van der Waals surface area contributed by atoms with Crippen molar-refractivity contribution in [3.8, 4) is 0 Å². The number of nitrogens with zero attached hydrogens (tertiary/aromatic N) is 1. The predicted octanol–water partition coefficient (Wildman–Crippen LogP) is 2.70. The number of hydrogen-bond acceptors (Lipinski definition) is 3. The molecule has 0 aromatic heterocycles. The van der Waals surface area contributed by atoms with Gasteiger partial charge in [0.05, 0.1) is 0 Å². The number of aliphatic hydroxyl groups is 1. The van der Waals surface area contributed by atoms with Gasteiger partial charge in [0.15, 0.2) is 0 Å². The zero-order chi connectivity index (χ0) is 15.5. The molecule has 21 heavy (non-hydrogen) atoms. The Hall–Kier alpha value is -1.55. The van der Waals surface area contributed by atoms with Crippen molar-refractivity contribution in [2.24, 2.45) is 11.8 Å². The van der Waals surface area contributed by atoms with Crippen LogP contribution in [0.5, 0.6) is 0 Å². The van der Waals surface area contributed by atoms with E-state index in [1.54, 1.807) is 4.90 Å². The van der Waals surface area contributed by atoms with E-state index in [9.17, 15) is 9.90 Å². The minimum atomic E-state index is -0.483. The van der Waals surface area contributed by atoms with E-state index in [2.05, 4.69) is 12.1 Å². The lowest BCUT2D eigenvalue weighted by Gasteiger charge is -2.24. The maximum Gasteiger partial charge on any atom is 0.410 e. The van der Waals surface area contributed by atoms with Crippen molar-refractivity contribution < 1.29 is 14.6 Å².